The molecule has 1 saturated heterocycles. The van der Waals surface area contributed by atoms with Crippen LogP contribution in [0.1, 0.15) is 6.92 Å². The summed E-state index contributed by atoms with van der Waals surface area (Å²) in [6, 6.07) is -0.277. The molecule has 1 heterocycles. The third-order valence-corrected chi connectivity index (χ3v) is 1.45. The summed E-state index contributed by atoms with van der Waals surface area (Å²) in [5.41, 5.74) is 5.39. The van der Waals surface area contributed by atoms with E-state index in [1.54, 1.807) is 6.92 Å². The van der Waals surface area contributed by atoms with Gasteiger partial charge in [0.1, 0.15) is 6.10 Å². The first-order chi connectivity index (χ1) is 4.70. The second kappa shape index (κ2) is 2.98. The van der Waals surface area contributed by atoms with Crippen LogP contribution in [-0.2, 0) is 4.74 Å². The van der Waals surface area contributed by atoms with Gasteiger partial charge in [-0.05, 0) is 6.92 Å². The van der Waals surface area contributed by atoms with Crippen molar-refractivity contribution in [2.45, 2.75) is 19.1 Å². The molecule has 58 valence electrons. The normalized spacial score (nSPS) is 21.4. The highest BCUT2D eigenvalue weighted by Gasteiger charge is 2.20. The summed E-state index contributed by atoms with van der Waals surface area (Å²) in [4.78, 5) is 0. The highest BCUT2D eigenvalue weighted by Crippen LogP contribution is 1.99. The lowest BCUT2D eigenvalue weighted by molar-refractivity contribution is 0.123. The van der Waals surface area contributed by atoms with Gasteiger partial charge < -0.3 is 15.8 Å². The molecule has 1 aliphatic heterocycles. The monoisotopic (exact) mass is 143 g/mol. The van der Waals surface area contributed by atoms with Crippen LogP contribution in [0, 0.1) is 5.41 Å². The summed E-state index contributed by atoms with van der Waals surface area (Å²) in [5, 5.41) is 10.3. The van der Waals surface area contributed by atoms with Crippen molar-refractivity contribution in [3.05, 3.63) is 0 Å². The van der Waals surface area contributed by atoms with E-state index in [0.717, 1.165) is 13.1 Å². The molecule has 10 heavy (non-hydrogen) atoms. The second-order valence-electron chi connectivity index (χ2n) is 2.55. The van der Waals surface area contributed by atoms with E-state index in [9.17, 15) is 0 Å². The van der Waals surface area contributed by atoms with Gasteiger partial charge in [0.15, 0.2) is 5.90 Å². The van der Waals surface area contributed by atoms with Crippen LogP contribution in [0.2, 0.25) is 0 Å². The minimum Gasteiger partial charge on any atom is -0.474 e. The Morgan fingerprint density at radius 1 is 1.80 bits per heavy atom. The summed E-state index contributed by atoms with van der Waals surface area (Å²) in [6.07, 6.45) is 0.179. The summed E-state index contributed by atoms with van der Waals surface area (Å²) in [7, 11) is 0. The molecule has 0 saturated carbocycles. The molecule has 0 bridgehead atoms. The van der Waals surface area contributed by atoms with Crippen molar-refractivity contribution < 1.29 is 4.74 Å². The molecule has 0 aromatic heterocycles. The molecule has 1 unspecified atom stereocenters. The zero-order valence-corrected chi connectivity index (χ0v) is 6.05. The lowest BCUT2D eigenvalue weighted by Gasteiger charge is -2.28. The fourth-order valence-corrected chi connectivity index (χ4v) is 0.632. The number of rotatable bonds is 2. The summed E-state index contributed by atoms with van der Waals surface area (Å²) in [5.74, 6) is 0.187. The maximum Gasteiger partial charge on any atom is 0.197 e. The van der Waals surface area contributed by atoms with Gasteiger partial charge in [0, 0.05) is 13.1 Å². The maximum atomic E-state index is 7.24. The summed E-state index contributed by atoms with van der Waals surface area (Å²) >= 11 is 0. The van der Waals surface area contributed by atoms with Gasteiger partial charge in [-0.15, -0.1) is 0 Å². The van der Waals surface area contributed by atoms with Gasteiger partial charge in [-0.25, -0.2) is 0 Å². The Hall–Kier alpha value is -0.610. The molecule has 0 aliphatic carbocycles. The third kappa shape index (κ3) is 1.68. The Morgan fingerprint density at radius 3 is 2.70 bits per heavy atom. The van der Waals surface area contributed by atoms with Gasteiger partial charge in [-0.3, -0.25) is 5.41 Å². The van der Waals surface area contributed by atoms with Gasteiger partial charge in [0.2, 0.25) is 0 Å². The fraction of sp³-hybridized carbons (Fsp3) is 0.833. The molecule has 4 N–H and O–H groups in total. The zero-order valence-electron chi connectivity index (χ0n) is 6.05. The van der Waals surface area contributed by atoms with E-state index >= 15 is 0 Å². The van der Waals surface area contributed by atoms with Crippen molar-refractivity contribution in [1.82, 2.24) is 5.32 Å². The predicted molar refractivity (Wildman–Crippen MR) is 39.1 cm³/mol. The summed E-state index contributed by atoms with van der Waals surface area (Å²) in [6.45, 7) is 3.43. The van der Waals surface area contributed by atoms with E-state index in [-0.39, 0.29) is 18.0 Å². The van der Waals surface area contributed by atoms with Crippen molar-refractivity contribution in [3.63, 3.8) is 0 Å². The Bertz CT molecular complexity index is 131. The Labute approximate surface area is 60.2 Å². The van der Waals surface area contributed by atoms with Gasteiger partial charge in [-0.1, -0.05) is 0 Å². The predicted octanol–water partition coefficient (Wildman–Crippen LogP) is -0.701. The van der Waals surface area contributed by atoms with E-state index in [2.05, 4.69) is 5.32 Å². The first kappa shape index (κ1) is 7.50. The minimum atomic E-state index is -0.277. The lowest BCUT2D eigenvalue weighted by Crippen LogP contribution is -2.50. The SMILES string of the molecule is CC(N)C(=N)OC1CNC1. The topological polar surface area (TPSA) is 71.1 Å². The van der Waals surface area contributed by atoms with Gasteiger partial charge in [0.25, 0.3) is 0 Å². The highest BCUT2D eigenvalue weighted by molar-refractivity contribution is 5.78. The smallest absolute Gasteiger partial charge is 0.197 e. The molecule has 1 rings (SSSR count). The van der Waals surface area contributed by atoms with Crippen molar-refractivity contribution >= 4 is 5.90 Å². The van der Waals surface area contributed by atoms with Crippen LogP contribution >= 0.6 is 0 Å². The molecule has 0 radical (unpaired) electrons. The van der Waals surface area contributed by atoms with Crippen molar-refractivity contribution in [1.29, 1.82) is 5.41 Å². The second-order valence-corrected chi connectivity index (χ2v) is 2.55. The molecular formula is C6H13N3O. The average molecular weight is 143 g/mol. The van der Waals surface area contributed by atoms with Crippen molar-refractivity contribution in [3.8, 4) is 0 Å². The number of nitrogens with one attached hydrogen (secondary N) is 2. The van der Waals surface area contributed by atoms with Crippen molar-refractivity contribution in [2.75, 3.05) is 13.1 Å². The van der Waals surface area contributed by atoms with Crippen LogP contribution in [0.3, 0.4) is 0 Å². The Balaban J connectivity index is 2.17. The molecule has 0 amide bonds. The minimum absolute atomic E-state index is 0.179. The lowest BCUT2D eigenvalue weighted by atomic mass is 10.2. The van der Waals surface area contributed by atoms with Crippen LogP contribution in [0.4, 0.5) is 0 Å². The van der Waals surface area contributed by atoms with E-state index in [1.807, 2.05) is 0 Å². The van der Waals surface area contributed by atoms with Crippen LogP contribution < -0.4 is 11.1 Å². The fourth-order valence-electron chi connectivity index (χ4n) is 0.632. The van der Waals surface area contributed by atoms with Crippen LogP contribution in [0.15, 0.2) is 0 Å². The molecular weight excluding hydrogens is 130 g/mol. The van der Waals surface area contributed by atoms with E-state index < -0.39 is 0 Å². The quantitative estimate of drug-likeness (QED) is 0.353. The molecule has 4 heteroatoms. The van der Waals surface area contributed by atoms with Gasteiger partial charge in [0.05, 0.1) is 6.04 Å². The number of hydrogen-bond acceptors (Lipinski definition) is 4. The van der Waals surface area contributed by atoms with Crippen molar-refractivity contribution in [2.24, 2.45) is 5.73 Å². The third-order valence-electron chi connectivity index (χ3n) is 1.45. The van der Waals surface area contributed by atoms with Crippen LogP contribution in [0.25, 0.3) is 0 Å². The number of hydrogen-bond donors (Lipinski definition) is 3. The number of ether oxygens (including phenoxy) is 1. The average Bonchev–Trinajstić information content (AvgIpc) is 1.77. The van der Waals surface area contributed by atoms with E-state index in [0.29, 0.717) is 0 Å². The molecule has 0 spiro atoms. The molecule has 4 nitrogen and oxygen atoms in total. The van der Waals surface area contributed by atoms with E-state index in [1.165, 1.54) is 0 Å². The largest absolute Gasteiger partial charge is 0.474 e. The van der Waals surface area contributed by atoms with E-state index in [4.69, 9.17) is 15.9 Å². The number of nitrogens with two attached hydrogens (primary N) is 1. The van der Waals surface area contributed by atoms with Crippen LogP contribution in [0.5, 0.6) is 0 Å². The summed E-state index contributed by atoms with van der Waals surface area (Å²) < 4.78 is 5.14. The van der Waals surface area contributed by atoms with Crippen LogP contribution in [-0.4, -0.2) is 31.1 Å². The molecule has 1 fully saturated rings. The highest BCUT2D eigenvalue weighted by atomic mass is 16.5. The Kier molecular flexibility index (Phi) is 2.24. The standard InChI is InChI=1S/C6H13N3O/c1-4(7)6(8)10-5-2-9-3-5/h4-5,8-9H,2-3,7H2,1H3. The molecule has 0 aromatic rings. The molecule has 1 aliphatic rings. The Morgan fingerprint density at radius 2 is 2.40 bits per heavy atom. The molecule has 1 atom stereocenters. The zero-order chi connectivity index (χ0) is 7.56. The molecule has 0 aromatic carbocycles. The van der Waals surface area contributed by atoms with Gasteiger partial charge in [-0.2, -0.15) is 0 Å². The van der Waals surface area contributed by atoms with Gasteiger partial charge >= 0.3 is 0 Å². The maximum absolute atomic E-state index is 7.24. The first-order valence-corrected chi connectivity index (χ1v) is 3.41. The first-order valence-electron chi connectivity index (χ1n) is 3.41.